The molecule has 7 heteroatoms. The number of aliphatic carboxylic acids is 1. The minimum absolute atomic E-state index is 0.0716. The van der Waals surface area contributed by atoms with Gasteiger partial charge < -0.3 is 20.1 Å². The number of ether oxygens (including phenoxy) is 1. The number of amides is 2. The van der Waals surface area contributed by atoms with Crippen LogP contribution in [0.15, 0.2) is 48.5 Å². The maximum atomic E-state index is 13.1. The minimum atomic E-state index is -1.23. The second-order valence-electron chi connectivity index (χ2n) is 9.88. The van der Waals surface area contributed by atoms with Gasteiger partial charge in [0.15, 0.2) is 0 Å². The van der Waals surface area contributed by atoms with Crippen LogP contribution in [-0.4, -0.2) is 53.2 Å². The van der Waals surface area contributed by atoms with Crippen LogP contribution in [-0.2, 0) is 14.3 Å². The first-order valence-corrected chi connectivity index (χ1v) is 11.2. The molecular formula is C26H30N2O5. The molecule has 0 saturated carbocycles. The largest absolute Gasteiger partial charge is 0.481 e. The fourth-order valence-electron chi connectivity index (χ4n) is 4.92. The first-order chi connectivity index (χ1) is 15.5. The average molecular weight is 451 g/mol. The molecule has 1 fully saturated rings. The van der Waals surface area contributed by atoms with E-state index in [0.29, 0.717) is 6.54 Å². The van der Waals surface area contributed by atoms with Crippen molar-refractivity contribution in [2.75, 3.05) is 19.7 Å². The van der Waals surface area contributed by atoms with Crippen LogP contribution in [0, 0.1) is 11.3 Å². The van der Waals surface area contributed by atoms with Crippen LogP contribution >= 0.6 is 0 Å². The molecule has 2 unspecified atom stereocenters. The van der Waals surface area contributed by atoms with E-state index in [9.17, 15) is 19.5 Å². The van der Waals surface area contributed by atoms with Crippen molar-refractivity contribution >= 4 is 18.0 Å². The Bertz CT molecular complexity index is 1070. The van der Waals surface area contributed by atoms with Crippen LogP contribution in [0.2, 0.25) is 0 Å². The molecular weight excluding hydrogens is 420 g/mol. The van der Waals surface area contributed by atoms with Gasteiger partial charge in [0.2, 0.25) is 5.91 Å². The molecule has 2 aromatic rings. The number of likely N-dealkylation sites (tertiary alicyclic amines) is 1. The maximum absolute atomic E-state index is 13.1. The lowest BCUT2D eigenvalue weighted by Crippen LogP contribution is -2.56. The standard InChI is InChI=1S/C26H30N2O5/c1-16-13-28(15-26(16,4)23(30)31)22(29)25(2,3)27-24(32)33-14-21-19-11-7-5-9-17(19)18-10-6-8-12-20(18)21/h5-12,16,21H,13-15H2,1-4H3,(H,27,32)(H,30,31). The Kier molecular flexibility index (Phi) is 5.68. The third-order valence-electron chi connectivity index (χ3n) is 7.17. The zero-order chi connectivity index (χ0) is 24.0. The van der Waals surface area contributed by atoms with Crippen molar-refractivity contribution in [1.29, 1.82) is 0 Å². The average Bonchev–Trinajstić information content (AvgIpc) is 3.26. The van der Waals surface area contributed by atoms with Gasteiger partial charge in [-0.3, -0.25) is 9.59 Å². The number of hydrogen-bond donors (Lipinski definition) is 2. The van der Waals surface area contributed by atoms with Gasteiger partial charge in [-0.1, -0.05) is 55.5 Å². The quantitative estimate of drug-likeness (QED) is 0.721. The SMILES string of the molecule is CC1CN(C(=O)C(C)(C)NC(=O)OCC2c3ccccc3-c3ccccc32)CC1(C)C(=O)O. The molecule has 1 saturated heterocycles. The number of carbonyl (C=O) groups excluding carboxylic acids is 2. The summed E-state index contributed by atoms with van der Waals surface area (Å²) in [4.78, 5) is 39.0. The number of alkyl carbamates (subject to hydrolysis) is 1. The van der Waals surface area contributed by atoms with Crippen molar-refractivity contribution in [2.24, 2.45) is 11.3 Å². The number of fused-ring (bicyclic) bond motifs is 3. The Hall–Kier alpha value is -3.35. The molecule has 2 atom stereocenters. The highest BCUT2D eigenvalue weighted by Gasteiger charge is 2.50. The summed E-state index contributed by atoms with van der Waals surface area (Å²) in [7, 11) is 0. The number of rotatable bonds is 5. The topological polar surface area (TPSA) is 95.9 Å². The van der Waals surface area contributed by atoms with Gasteiger partial charge in [-0.2, -0.15) is 0 Å². The van der Waals surface area contributed by atoms with Gasteiger partial charge in [-0.05, 0) is 48.9 Å². The number of hydrogen-bond acceptors (Lipinski definition) is 4. The molecule has 7 nitrogen and oxygen atoms in total. The lowest BCUT2D eigenvalue weighted by atomic mass is 9.81. The van der Waals surface area contributed by atoms with Crippen LogP contribution in [0.5, 0.6) is 0 Å². The molecule has 0 radical (unpaired) electrons. The van der Waals surface area contributed by atoms with Gasteiger partial charge in [0.25, 0.3) is 0 Å². The fraction of sp³-hybridized carbons (Fsp3) is 0.423. The second kappa shape index (κ2) is 8.21. The summed E-state index contributed by atoms with van der Waals surface area (Å²) in [5, 5.41) is 12.3. The zero-order valence-corrected chi connectivity index (χ0v) is 19.4. The Morgan fingerprint density at radius 2 is 1.64 bits per heavy atom. The van der Waals surface area contributed by atoms with Crippen LogP contribution < -0.4 is 5.32 Å². The summed E-state index contributed by atoms with van der Waals surface area (Å²) in [6, 6.07) is 16.2. The molecule has 174 valence electrons. The molecule has 1 aliphatic heterocycles. The smallest absolute Gasteiger partial charge is 0.408 e. The lowest BCUT2D eigenvalue weighted by molar-refractivity contribution is -0.149. The Morgan fingerprint density at radius 1 is 1.09 bits per heavy atom. The van der Waals surface area contributed by atoms with Gasteiger partial charge >= 0.3 is 12.1 Å². The third kappa shape index (κ3) is 3.96. The molecule has 0 aromatic heterocycles. The molecule has 2 amide bonds. The van der Waals surface area contributed by atoms with E-state index in [1.807, 2.05) is 43.3 Å². The van der Waals surface area contributed by atoms with E-state index in [1.54, 1.807) is 20.8 Å². The number of nitrogens with one attached hydrogen (secondary N) is 1. The number of benzene rings is 2. The summed E-state index contributed by atoms with van der Waals surface area (Å²) in [5.41, 5.74) is 2.27. The second-order valence-corrected chi connectivity index (χ2v) is 9.88. The Morgan fingerprint density at radius 3 is 2.15 bits per heavy atom. The third-order valence-corrected chi connectivity index (χ3v) is 7.17. The highest BCUT2D eigenvalue weighted by Crippen LogP contribution is 2.44. The Balaban J connectivity index is 1.41. The monoisotopic (exact) mass is 450 g/mol. The molecule has 2 N–H and O–H groups in total. The van der Waals surface area contributed by atoms with Gasteiger partial charge in [0.1, 0.15) is 12.1 Å². The van der Waals surface area contributed by atoms with E-state index in [-0.39, 0.29) is 30.9 Å². The van der Waals surface area contributed by atoms with E-state index in [0.717, 1.165) is 22.3 Å². The number of carboxylic acids is 1. The van der Waals surface area contributed by atoms with Crippen molar-refractivity contribution in [3.8, 4) is 11.1 Å². The normalized spacial score (nSPS) is 21.9. The van der Waals surface area contributed by atoms with Crippen molar-refractivity contribution < 1.29 is 24.2 Å². The fourth-order valence-corrected chi connectivity index (χ4v) is 4.92. The van der Waals surface area contributed by atoms with Gasteiger partial charge in [0, 0.05) is 19.0 Å². The summed E-state index contributed by atoms with van der Waals surface area (Å²) in [6.45, 7) is 7.29. The van der Waals surface area contributed by atoms with Crippen molar-refractivity contribution in [2.45, 2.75) is 39.2 Å². The first kappa shape index (κ1) is 22.8. The lowest BCUT2D eigenvalue weighted by Gasteiger charge is -2.30. The van der Waals surface area contributed by atoms with Gasteiger partial charge in [0.05, 0.1) is 5.41 Å². The van der Waals surface area contributed by atoms with E-state index >= 15 is 0 Å². The van der Waals surface area contributed by atoms with E-state index < -0.39 is 23.0 Å². The van der Waals surface area contributed by atoms with E-state index in [2.05, 4.69) is 17.4 Å². The number of carboxylic acid groups (broad SMARTS) is 1. The molecule has 1 aliphatic carbocycles. The van der Waals surface area contributed by atoms with Crippen molar-refractivity contribution in [3.63, 3.8) is 0 Å². The summed E-state index contributed by atoms with van der Waals surface area (Å²) in [6.07, 6.45) is -0.677. The van der Waals surface area contributed by atoms with Crippen LogP contribution in [0.25, 0.3) is 11.1 Å². The highest BCUT2D eigenvalue weighted by molar-refractivity contribution is 5.90. The van der Waals surface area contributed by atoms with Crippen LogP contribution in [0.1, 0.15) is 44.7 Å². The summed E-state index contributed by atoms with van der Waals surface area (Å²) >= 11 is 0. The highest BCUT2D eigenvalue weighted by atomic mass is 16.5. The summed E-state index contributed by atoms with van der Waals surface area (Å²) < 4.78 is 5.57. The Labute approximate surface area is 193 Å². The summed E-state index contributed by atoms with van der Waals surface area (Å²) in [5.74, 6) is -1.51. The molecule has 33 heavy (non-hydrogen) atoms. The molecule has 2 aliphatic rings. The van der Waals surface area contributed by atoms with E-state index in [1.165, 1.54) is 4.90 Å². The zero-order valence-electron chi connectivity index (χ0n) is 19.4. The molecule has 0 spiro atoms. The predicted octanol–water partition coefficient (Wildman–Crippen LogP) is 3.87. The predicted molar refractivity (Wildman–Crippen MR) is 124 cm³/mol. The first-order valence-electron chi connectivity index (χ1n) is 11.2. The van der Waals surface area contributed by atoms with Gasteiger partial charge in [-0.15, -0.1) is 0 Å². The van der Waals surface area contributed by atoms with Gasteiger partial charge in [-0.25, -0.2) is 4.79 Å². The number of nitrogens with zero attached hydrogens (tertiary/aromatic N) is 1. The minimum Gasteiger partial charge on any atom is -0.481 e. The molecule has 1 heterocycles. The molecule has 2 aromatic carbocycles. The van der Waals surface area contributed by atoms with Crippen molar-refractivity contribution in [1.82, 2.24) is 10.2 Å². The number of carbonyl (C=O) groups is 3. The molecule has 4 rings (SSSR count). The van der Waals surface area contributed by atoms with Crippen LogP contribution in [0.3, 0.4) is 0 Å². The van der Waals surface area contributed by atoms with E-state index in [4.69, 9.17) is 4.74 Å². The van der Waals surface area contributed by atoms with Crippen molar-refractivity contribution in [3.05, 3.63) is 59.7 Å². The van der Waals surface area contributed by atoms with Crippen LogP contribution in [0.4, 0.5) is 4.79 Å². The maximum Gasteiger partial charge on any atom is 0.408 e. The molecule has 0 bridgehead atoms.